The zero-order valence-electron chi connectivity index (χ0n) is 22.6. The second-order valence-corrected chi connectivity index (χ2v) is 11.1. The van der Waals surface area contributed by atoms with E-state index in [1.807, 2.05) is 0 Å². The van der Waals surface area contributed by atoms with Gasteiger partial charge in [0.25, 0.3) is 0 Å². The van der Waals surface area contributed by atoms with Gasteiger partial charge in [0.1, 0.15) is 18.4 Å². The molecule has 0 aromatic heterocycles. The van der Waals surface area contributed by atoms with Crippen LogP contribution in [0.3, 0.4) is 0 Å². The summed E-state index contributed by atoms with van der Waals surface area (Å²) in [5, 5.41) is 2.53. The first-order valence-corrected chi connectivity index (χ1v) is 13.9. The van der Waals surface area contributed by atoms with Gasteiger partial charge < -0.3 is 23.5 Å². The van der Waals surface area contributed by atoms with Crippen LogP contribution in [0.15, 0.2) is 30.3 Å². The molecule has 38 heavy (non-hydrogen) atoms. The van der Waals surface area contributed by atoms with Crippen molar-refractivity contribution in [3.63, 3.8) is 0 Å². The topological polar surface area (TPSA) is 136 Å². The highest BCUT2D eigenvalue weighted by Crippen LogP contribution is 2.49. The fourth-order valence-electron chi connectivity index (χ4n) is 3.81. The molecule has 1 aromatic carbocycles. The third-order valence-corrected chi connectivity index (χ3v) is 7.44. The average Bonchev–Trinajstić information content (AvgIpc) is 2.81. The molecule has 0 aliphatic carbocycles. The van der Waals surface area contributed by atoms with E-state index in [4.69, 9.17) is 28.0 Å². The Morgan fingerprint density at radius 1 is 1.05 bits per heavy atom. The number of hydrogen-bond acceptors (Lipinski definition) is 10. The van der Waals surface area contributed by atoms with Gasteiger partial charge in [-0.2, -0.15) is 5.09 Å². The number of alkyl halides is 1. The van der Waals surface area contributed by atoms with Crippen molar-refractivity contribution in [3.8, 4) is 5.75 Å². The maximum Gasteiger partial charge on any atom is 0.461 e. The van der Waals surface area contributed by atoms with E-state index in [-0.39, 0.29) is 5.75 Å². The number of hydrogen-bond donors (Lipinski definition) is 1. The van der Waals surface area contributed by atoms with Gasteiger partial charge in [-0.05, 0) is 38.8 Å². The number of carbonyl (C=O) groups excluding carboxylic acids is 3. The van der Waals surface area contributed by atoms with Gasteiger partial charge >= 0.3 is 25.7 Å². The third kappa shape index (κ3) is 9.34. The number of para-hydroxylation sites is 1. The molecule has 214 valence electrons. The Morgan fingerprint density at radius 3 is 2.24 bits per heavy atom. The molecule has 1 aromatic rings. The Hall–Kier alpha value is -2.53. The Morgan fingerprint density at radius 2 is 1.68 bits per heavy atom. The maximum absolute atomic E-state index is 15.1. The zero-order valence-corrected chi connectivity index (χ0v) is 23.5. The molecule has 2 rings (SSSR count). The van der Waals surface area contributed by atoms with E-state index in [1.165, 1.54) is 26.0 Å². The second-order valence-electron chi connectivity index (χ2n) is 9.42. The van der Waals surface area contributed by atoms with Crippen LogP contribution in [0.4, 0.5) is 4.39 Å². The first kappa shape index (κ1) is 31.7. The fourth-order valence-corrected chi connectivity index (χ4v) is 5.39. The Labute approximate surface area is 222 Å². The van der Waals surface area contributed by atoms with E-state index >= 15 is 4.39 Å². The lowest BCUT2D eigenvalue weighted by atomic mass is 9.82. The van der Waals surface area contributed by atoms with Crippen LogP contribution in [-0.2, 0) is 42.4 Å². The minimum absolute atomic E-state index is 0.142. The molecular formula is C25H37FNO10P. The van der Waals surface area contributed by atoms with Crippen LogP contribution in [0, 0.1) is 11.8 Å². The number of carbonyl (C=O) groups is 3. The summed E-state index contributed by atoms with van der Waals surface area (Å²) in [7, 11) is -4.45. The first-order valence-electron chi connectivity index (χ1n) is 12.3. The molecule has 1 heterocycles. The molecule has 13 heteroatoms. The summed E-state index contributed by atoms with van der Waals surface area (Å²) >= 11 is 0. The van der Waals surface area contributed by atoms with Gasteiger partial charge in [0, 0.05) is 19.8 Å². The predicted octanol–water partition coefficient (Wildman–Crippen LogP) is 3.95. The third-order valence-electron chi connectivity index (χ3n) is 5.80. The maximum atomic E-state index is 15.1. The molecule has 0 radical (unpaired) electrons. The van der Waals surface area contributed by atoms with Gasteiger partial charge in [-0.25, -0.2) is 8.96 Å². The van der Waals surface area contributed by atoms with E-state index in [0.29, 0.717) is 0 Å². The molecule has 1 saturated heterocycles. The van der Waals surface area contributed by atoms with Crippen LogP contribution in [0.2, 0.25) is 0 Å². The van der Waals surface area contributed by atoms with E-state index in [0.717, 1.165) is 6.92 Å². The number of benzene rings is 1. The number of ether oxygens (including phenoxy) is 4. The van der Waals surface area contributed by atoms with Crippen LogP contribution in [0.25, 0.3) is 0 Å². The lowest BCUT2D eigenvalue weighted by Gasteiger charge is -2.44. The van der Waals surface area contributed by atoms with Crippen LogP contribution >= 0.6 is 7.75 Å². The Bertz CT molecular complexity index is 994. The van der Waals surface area contributed by atoms with E-state index < -0.39 is 80.9 Å². The lowest BCUT2D eigenvalue weighted by Crippen LogP contribution is -2.55. The molecular weight excluding hydrogens is 524 g/mol. The van der Waals surface area contributed by atoms with Crippen molar-refractivity contribution < 1.29 is 51.3 Å². The van der Waals surface area contributed by atoms with Crippen molar-refractivity contribution in [2.24, 2.45) is 11.8 Å². The monoisotopic (exact) mass is 561 g/mol. The van der Waals surface area contributed by atoms with E-state index in [9.17, 15) is 18.9 Å². The van der Waals surface area contributed by atoms with Gasteiger partial charge in [-0.1, -0.05) is 32.0 Å². The Balaban J connectivity index is 2.39. The summed E-state index contributed by atoms with van der Waals surface area (Å²) in [5.41, 5.74) is 0. The molecule has 0 bridgehead atoms. The van der Waals surface area contributed by atoms with Gasteiger partial charge in [0.2, 0.25) is 6.29 Å². The van der Waals surface area contributed by atoms with Crippen molar-refractivity contribution in [2.45, 2.75) is 85.3 Å². The van der Waals surface area contributed by atoms with Crippen molar-refractivity contribution in [2.75, 3.05) is 6.61 Å². The van der Waals surface area contributed by atoms with Gasteiger partial charge in [-0.15, -0.1) is 0 Å². The predicted molar refractivity (Wildman–Crippen MR) is 134 cm³/mol. The van der Waals surface area contributed by atoms with Crippen molar-refractivity contribution >= 4 is 25.7 Å². The summed E-state index contributed by atoms with van der Waals surface area (Å²) in [6.45, 7) is 9.87. The second kappa shape index (κ2) is 14.0. The van der Waals surface area contributed by atoms with Crippen molar-refractivity contribution in [1.29, 1.82) is 0 Å². The van der Waals surface area contributed by atoms with Crippen molar-refractivity contribution in [1.82, 2.24) is 5.09 Å². The molecule has 0 saturated carbocycles. The van der Waals surface area contributed by atoms with E-state index in [1.54, 1.807) is 45.9 Å². The van der Waals surface area contributed by atoms with Crippen LogP contribution < -0.4 is 9.61 Å². The SMILES string of the molecule is CC(=O)OC[C@H](F)C1O[C@@H](OP(=O)(N[C@@H](C)C(=O)OC(C)C)Oc2ccccc2)C(OC(C)=O)[C@@H](C)[C@@H]1C. The van der Waals surface area contributed by atoms with Gasteiger partial charge in [0.15, 0.2) is 12.3 Å². The fraction of sp³-hybridized carbons (Fsp3) is 0.640. The van der Waals surface area contributed by atoms with Crippen LogP contribution in [0.1, 0.15) is 48.5 Å². The molecule has 1 N–H and O–H groups in total. The molecule has 3 unspecified atom stereocenters. The highest BCUT2D eigenvalue weighted by molar-refractivity contribution is 7.52. The van der Waals surface area contributed by atoms with Crippen molar-refractivity contribution in [3.05, 3.63) is 30.3 Å². The first-order chi connectivity index (χ1) is 17.7. The number of halogens is 1. The minimum atomic E-state index is -4.45. The minimum Gasteiger partial charge on any atom is -0.463 e. The molecule has 0 amide bonds. The zero-order chi connectivity index (χ0) is 28.6. The molecule has 1 fully saturated rings. The normalized spacial score (nSPS) is 26.5. The molecule has 8 atom stereocenters. The summed E-state index contributed by atoms with van der Waals surface area (Å²) in [6, 6.07) is 6.88. The summed E-state index contributed by atoms with van der Waals surface area (Å²) in [4.78, 5) is 35.5. The van der Waals surface area contributed by atoms with Crippen LogP contribution in [-0.4, -0.2) is 61.3 Å². The quantitative estimate of drug-likeness (QED) is 0.226. The Kier molecular flexibility index (Phi) is 11.7. The highest BCUT2D eigenvalue weighted by Gasteiger charge is 2.50. The highest BCUT2D eigenvalue weighted by atomic mass is 31.2. The average molecular weight is 562 g/mol. The number of esters is 3. The summed E-state index contributed by atoms with van der Waals surface area (Å²) in [6.07, 6.45) is -6.04. The standard InChI is InChI=1S/C25H37FNO10P/c1-14(2)33-24(30)17(5)27-38(31,36-20-11-9-8-10-12-20)37-25-23(34-19(7)29)16(4)15(3)22(35-25)21(26)13-32-18(6)28/h8-12,14-17,21-23,25H,13H2,1-7H3,(H,27,31)/t15-,16-,17-,21-,22?,23?,25-,38?/m0/s1. The van der Waals surface area contributed by atoms with Gasteiger partial charge in [0.05, 0.1) is 12.2 Å². The molecule has 1 aliphatic heterocycles. The van der Waals surface area contributed by atoms with Gasteiger partial charge in [-0.3, -0.25) is 18.9 Å². The smallest absolute Gasteiger partial charge is 0.461 e. The molecule has 11 nitrogen and oxygen atoms in total. The van der Waals surface area contributed by atoms with Crippen LogP contribution in [0.5, 0.6) is 5.75 Å². The number of nitrogens with one attached hydrogen (secondary N) is 1. The number of rotatable bonds is 12. The molecule has 1 aliphatic rings. The summed E-state index contributed by atoms with van der Waals surface area (Å²) < 4.78 is 61.8. The largest absolute Gasteiger partial charge is 0.463 e. The summed E-state index contributed by atoms with van der Waals surface area (Å²) in [5.74, 6) is -2.96. The van der Waals surface area contributed by atoms with E-state index in [2.05, 4.69) is 5.09 Å². The lowest BCUT2D eigenvalue weighted by molar-refractivity contribution is -0.261. The molecule has 0 spiro atoms.